The van der Waals surface area contributed by atoms with Gasteiger partial charge in [0.2, 0.25) is 5.91 Å². The van der Waals surface area contributed by atoms with Gasteiger partial charge in [0.1, 0.15) is 0 Å². The molecule has 0 aromatic rings. The number of carbonyl (C=O) groups excluding carboxylic acids is 3. The molecule has 0 bridgehead atoms. The molecule has 9 nitrogen and oxygen atoms in total. The first-order chi connectivity index (χ1) is 28.9. The van der Waals surface area contributed by atoms with E-state index in [0.717, 1.165) is 70.6 Å². The zero-order valence-corrected chi connectivity index (χ0v) is 38.3. The molecule has 0 radical (unpaired) electrons. The molecule has 0 spiro atoms. The van der Waals surface area contributed by atoms with E-state index in [-0.39, 0.29) is 37.5 Å². The van der Waals surface area contributed by atoms with Crippen molar-refractivity contribution in [3.8, 4) is 0 Å². The molecule has 1 aliphatic heterocycles. The molecular weight excluding hydrogens is 741 g/mol. The average Bonchev–Trinajstić information content (AvgIpc) is 3.22. The fraction of sp³-hybridized carbons (Fsp3) is 0.780. The molecule has 2 atom stereocenters. The number of carbonyl (C=O) groups is 3. The third kappa shape index (κ3) is 34.6. The number of piperidine rings is 1. The van der Waals surface area contributed by atoms with Crippen LogP contribution < -0.4 is 5.32 Å². The van der Waals surface area contributed by atoms with Gasteiger partial charge in [0.25, 0.3) is 0 Å². The van der Waals surface area contributed by atoms with Crippen LogP contribution in [-0.4, -0.2) is 88.1 Å². The molecule has 1 aliphatic rings. The van der Waals surface area contributed by atoms with E-state index >= 15 is 0 Å². The Labute approximate surface area is 361 Å². The first kappa shape index (κ1) is 54.3. The Morgan fingerprint density at radius 3 is 1.31 bits per heavy atom. The molecule has 1 amide bonds. The fourth-order valence-electron chi connectivity index (χ4n) is 7.29. The van der Waals surface area contributed by atoms with Gasteiger partial charge in [-0.05, 0) is 77.0 Å². The number of methoxy groups -OCH3 is 2. The Morgan fingerprint density at radius 1 is 0.542 bits per heavy atom. The number of ether oxygens (including phenoxy) is 4. The Hall–Kier alpha value is -2.75. The molecule has 2 unspecified atom stereocenters. The van der Waals surface area contributed by atoms with E-state index in [2.05, 4.69) is 67.8 Å². The van der Waals surface area contributed by atoms with E-state index in [4.69, 9.17) is 18.9 Å². The number of esters is 2. The molecule has 0 aromatic heterocycles. The summed E-state index contributed by atoms with van der Waals surface area (Å²) in [6.07, 6.45) is 46.4. The van der Waals surface area contributed by atoms with Crippen molar-refractivity contribution in [2.24, 2.45) is 0 Å². The maximum atomic E-state index is 13.2. The monoisotopic (exact) mass is 829 g/mol. The van der Waals surface area contributed by atoms with Crippen molar-refractivity contribution in [1.29, 1.82) is 0 Å². The number of nitrogens with zero attached hydrogens (tertiary/aromatic N) is 1. The number of allylic oxidation sites excluding steroid dienone is 8. The molecule has 59 heavy (non-hydrogen) atoms. The number of hydrogen-bond acceptors (Lipinski definition) is 8. The normalized spacial score (nSPS) is 16.4. The van der Waals surface area contributed by atoms with Gasteiger partial charge in [0.15, 0.2) is 0 Å². The second-order valence-electron chi connectivity index (χ2n) is 16.4. The summed E-state index contributed by atoms with van der Waals surface area (Å²) in [5, 5.41) is 2.93. The van der Waals surface area contributed by atoms with Crippen molar-refractivity contribution < 1.29 is 33.3 Å². The highest BCUT2D eigenvalue weighted by atomic mass is 16.5. The second kappa shape index (κ2) is 40.6. The Morgan fingerprint density at radius 2 is 0.915 bits per heavy atom. The molecule has 1 fully saturated rings. The van der Waals surface area contributed by atoms with Gasteiger partial charge in [-0.2, -0.15) is 0 Å². The van der Waals surface area contributed by atoms with Gasteiger partial charge < -0.3 is 24.3 Å². The van der Waals surface area contributed by atoms with E-state index in [1.54, 1.807) is 14.2 Å². The summed E-state index contributed by atoms with van der Waals surface area (Å²) in [5.74, 6) is -1.07. The van der Waals surface area contributed by atoms with Crippen molar-refractivity contribution in [3.05, 3.63) is 48.6 Å². The summed E-state index contributed by atoms with van der Waals surface area (Å²) in [7, 11) is 3.33. The average molecular weight is 829 g/mol. The minimum absolute atomic E-state index is 0.0265. The molecule has 1 N–H and O–H groups in total. The molecule has 1 heterocycles. The van der Waals surface area contributed by atoms with E-state index in [9.17, 15) is 14.4 Å². The van der Waals surface area contributed by atoms with Crippen LogP contribution in [0.25, 0.3) is 0 Å². The zero-order valence-electron chi connectivity index (χ0n) is 38.3. The van der Waals surface area contributed by atoms with Crippen molar-refractivity contribution in [2.75, 3.05) is 47.1 Å². The lowest BCUT2D eigenvalue weighted by molar-refractivity contribution is -0.146. The maximum Gasteiger partial charge on any atom is 0.307 e. The Bertz CT molecular complexity index is 1060. The summed E-state index contributed by atoms with van der Waals surface area (Å²) >= 11 is 0. The molecule has 1 saturated heterocycles. The maximum absolute atomic E-state index is 13.2. The van der Waals surface area contributed by atoms with Gasteiger partial charge in [0.05, 0.1) is 44.8 Å². The lowest BCUT2D eigenvalue weighted by atomic mass is 10.1. The lowest BCUT2D eigenvalue weighted by Crippen LogP contribution is -2.51. The molecule has 0 saturated carbocycles. The molecule has 1 rings (SSSR count). The fourth-order valence-corrected chi connectivity index (χ4v) is 7.29. The molecule has 9 heteroatoms. The molecule has 0 aliphatic carbocycles. The Kier molecular flexibility index (Phi) is 37.4. The van der Waals surface area contributed by atoms with Crippen molar-refractivity contribution in [2.45, 2.75) is 205 Å². The summed E-state index contributed by atoms with van der Waals surface area (Å²) in [5.41, 5.74) is 0. The van der Waals surface area contributed by atoms with Crippen LogP contribution in [0.15, 0.2) is 48.6 Å². The number of hydrogen-bond donors (Lipinski definition) is 1. The summed E-state index contributed by atoms with van der Waals surface area (Å²) in [4.78, 5) is 40.9. The topological polar surface area (TPSA) is 103 Å². The minimum Gasteiger partial charge on any atom is -0.466 e. The van der Waals surface area contributed by atoms with Crippen molar-refractivity contribution in [3.63, 3.8) is 0 Å². The lowest BCUT2D eigenvalue weighted by Gasteiger charge is -2.36. The second-order valence-corrected chi connectivity index (χ2v) is 16.4. The zero-order chi connectivity index (χ0) is 42.9. The SMILES string of the molecule is CCCCC/C=C\C/C=C\CCCCCCCCOC(=O)CC(CC(=O)OCCCCCCCC/C=C\C/C=C\CCCCC)NC(=O)CN1CC(OC)CC(OC)C1. The standard InChI is InChI=1S/C50H88N2O7/c1-5-7-9-11-13-15-17-19-21-23-25-27-29-31-33-35-37-58-49(54)39-45(51-48(53)44-52-42-46(56-3)41-47(43-52)57-4)40-50(55)59-38-36-34-32-30-28-26-24-22-20-18-16-14-12-10-8-6-2/h13-16,19-22,45-47H,5-12,17-18,23-44H2,1-4H3,(H,51,53)/b15-13-,16-14-,21-19-,22-20-. The number of amides is 1. The van der Waals surface area contributed by atoms with Gasteiger partial charge >= 0.3 is 11.9 Å². The van der Waals surface area contributed by atoms with Gasteiger partial charge in [-0.15, -0.1) is 0 Å². The smallest absolute Gasteiger partial charge is 0.307 e. The number of nitrogens with one attached hydrogen (secondary N) is 1. The number of rotatable bonds is 39. The molecule has 340 valence electrons. The van der Waals surface area contributed by atoms with Crippen LogP contribution in [0.4, 0.5) is 0 Å². The highest BCUT2D eigenvalue weighted by Gasteiger charge is 2.29. The first-order valence-electron chi connectivity index (χ1n) is 23.9. The molecular formula is C50H88N2O7. The number of unbranched alkanes of at least 4 members (excludes halogenated alkanes) is 18. The van der Waals surface area contributed by atoms with E-state index < -0.39 is 18.0 Å². The summed E-state index contributed by atoms with van der Waals surface area (Å²) < 4.78 is 22.2. The highest BCUT2D eigenvalue weighted by Crippen LogP contribution is 2.16. The highest BCUT2D eigenvalue weighted by molar-refractivity contribution is 5.81. The van der Waals surface area contributed by atoms with Crippen LogP contribution in [0, 0.1) is 0 Å². The quantitative estimate of drug-likeness (QED) is 0.0371. The number of likely N-dealkylation sites (tertiary alicyclic amines) is 1. The largest absolute Gasteiger partial charge is 0.466 e. The van der Waals surface area contributed by atoms with Crippen LogP contribution in [0.3, 0.4) is 0 Å². The van der Waals surface area contributed by atoms with Crippen molar-refractivity contribution >= 4 is 17.8 Å². The van der Waals surface area contributed by atoms with Crippen molar-refractivity contribution in [1.82, 2.24) is 10.2 Å². The summed E-state index contributed by atoms with van der Waals surface area (Å²) in [6, 6.07) is -0.699. The van der Waals surface area contributed by atoms with E-state index in [0.29, 0.717) is 26.3 Å². The van der Waals surface area contributed by atoms with E-state index in [1.807, 2.05) is 4.90 Å². The predicted octanol–water partition coefficient (Wildman–Crippen LogP) is 11.7. The van der Waals surface area contributed by atoms with Crippen LogP contribution in [0.2, 0.25) is 0 Å². The minimum atomic E-state index is -0.699. The van der Waals surface area contributed by atoms with Crippen LogP contribution >= 0.6 is 0 Å². The van der Waals surface area contributed by atoms with Gasteiger partial charge in [-0.3, -0.25) is 19.3 Å². The van der Waals surface area contributed by atoms with Gasteiger partial charge in [-0.1, -0.05) is 140 Å². The Balaban J connectivity index is 2.35. The van der Waals surface area contributed by atoms with Crippen LogP contribution in [0.1, 0.15) is 187 Å². The predicted molar refractivity (Wildman–Crippen MR) is 244 cm³/mol. The van der Waals surface area contributed by atoms with Crippen LogP contribution in [-0.2, 0) is 33.3 Å². The van der Waals surface area contributed by atoms with E-state index in [1.165, 1.54) is 89.9 Å². The summed E-state index contributed by atoms with van der Waals surface area (Å²) in [6.45, 7) is 6.51. The molecule has 0 aromatic carbocycles. The first-order valence-corrected chi connectivity index (χ1v) is 23.9. The van der Waals surface area contributed by atoms with Gasteiger partial charge in [-0.25, -0.2) is 0 Å². The van der Waals surface area contributed by atoms with Crippen LogP contribution in [0.5, 0.6) is 0 Å². The third-order valence-corrected chi connectivity index (χ3v) is 10.9. The van der Waals surface area contributed by atoms with Gasteiger partial charge in [0, 0.05) is 39.8 Å². The third-order valence-electron chi connectivity index (χ3n) is 10.9.